The van der Waals surface area contributed by atoms with E-state index in [0.717, 1.165) is 6.54 Å². The van der Waals surface area contributed by atoms with Crippen LogP contribution in [0.3, 0.4) is 0 Å². The summed E-state index contributed by atoms with van der Waals surface area (Å²) in [6.07, 6.45) is 2.68. The SMILES string of the molecule is CCCC(NCC(C)OC)c1cccs1. The van der Waals surface area contributed by atoms with Crippen molar-refractivity contribution in [2.24, 2.45) is 0 Å². The van der Waals surface area contributed by atoms with Crippen LogP contribution in [0.25, 0.3) is 0 Å². The van der Waals surface area contributed by atoms with Crippen molar-refractivity contribution in [2.75, 3.05) is 13.7 Å². The average molecular weight is 227 g/mol. The smallest absolute Gasteiger partial charge is 0.0667 e. The van der Waals surface area contributed by atoms with Crippen molar-refractivity contribution in [1.82, 2.24) is 5.32 Å². The highest BCUT2D eigenvalue weighted by Gasteiger charge is 2.11. The molecule has 0 fully saturated rings. The highest BCUT2D eigenvalue weighted by molar-refractivity contribution is 7.10. The minimum absolute atomic E-state index is 0.282. The van der Waals surface area contributed by atoms with Gasteiger partial charge in [-0.05, 0) is 24.8 Å². The van der Waals surface area contributed by atoms with E-state index in [1.165, 1.54) is 17.7 Å². The molecule has 0 bridgehead atoms. The molecule has 0 aliphatic rings. The summed E-state index contributed by atoms with van der Waals surface area (Å²) in [6.45, 7) is 5.23. The van der Waals surface area contributed by atoms with Crippen molar-refractivity contribution >= 4 is 11.3 Å². The average Bonchev–Trinajstić information content (AvgIpc) is 2.76. The highest BCUT2D eigenvalue weighted by Crippen LogP contribution is 2.22. The molecule has 0 aliphatic heterocycles. The molecule has 0 radical (unpaired) electrons. The summed E-state index contributed by atoms with van der Waals surface area (Å²) < 4.78 is 5.24. The highest BCUT2D eigenvalue weighted by atomic mass is 32.1. The van der Waals surface area contributed by atoms with Crippen molar-refractivity contribution < 1.29 is 4.74 Å². The van der Waals surface area contributed by atoms with E-state index < -0.39 is 0 Å². The van der Waals surface area contributed by atoms with Crippen molar-refractivity contribution in [3.63, 3.8) is 0 Å². The predicted molar refractivity (Wildman–Crippen MR) is 66.4 cm³/mol. The Morgan fingerprint density at radius 3 is 2.87 bits per heavy atom. The Morgan fingerprint density at radius 2 is 2.33 bits per heavy atom. The molecular weight excluding hydrogens is 206 g/mol. The van der Waals surface area contributed by atoms with Crippen LogP contribution in [0.4, 0.5) is 0 Å². The second kappa shape index (κ2) is 6.99. The summed E-state index contributed by atoms with van der Waals surface area (Å²) in [5.41, 5.74) is 0. The molecule has 86 valence electrons. The standard InChI is InChI=1S/C12H21NOS/c1-4-6-11(12-7-5-8-15-12)13-9-10(2)14-3/h5,7-8,10-11,13H,4,6,9H2,1-3H3. The van der Waals surface area contributed by atoms with E-state index in [1.54, 1.807) is 7.11 Å². The van der Waals surface area contributed by atoms with Crippen LogP contribution in [-0.4, -0.2) is 19.8 Å². The number of methoxy groups -OCH3 is 1. The maximum atomic E-state index is 5.24. The van der Waals surface area contributed by atoms with Crippen molar-refractivity contribution in [1.29, 1.82) is 0 Å². The Bertz CT molecular complexity index is 248. The van der Waals surface area contributed by atoms with Crippen molar-refractivity contribution in [2.45, 2.75) is 38.8 Å². The molecule has 2 atom stereocenters. The van der Waals surface area contributed by atoms with E-state index in [1.807, 2.05) is 11.3 Å². The molecule has 0 saturated heterocycles. The van der Waals surface area contributed by atoms with E-state index in [4.69, 9.17) is 4.74 Å². The molecule has 1 heterocycles. The molecule has 0 aliphatic carbocycles. The van der Waals surface area contributed by atoms with Gasteiger partial charge < -0.3 is 10.1 Å². The topological polar surface area (TPSA) is 21.3 Å². The lowest BCUT2D eigenvalue weighted by Gasteiger charge is -2.19. The lowest BCUT2D eigenvalue weighted by molar-refractivity contribution is 0.114. The first kappa shape index (κ1) is 12.7. The third kappa shape index (κ3) is 4.33. The number of ether oxygens (including phenoxy) is 1. The molecule has 2 unspecified atom stereocenters. The fourth-order valence-corrected chi connectivity index (χ4v) is 2.35. The predicted octanol–water partition coefficient (Wildman–Crippen LogP) is 3.21. The van der Waals surface area contributed by atoms with Crippen LogP contribution >= 0.6 is 11.3 Å². The summed E-state index contributed by atoms with van der Waals surface area (Å²) in [4.78, 5) is 1.43. The van der Waals surface area contributed by atoms with Gasteiger partial charge in [-0.15, -0.1) is 11.3 Å². The number of nitrogens with one attached hydrogen (secondary N) is 1. The normalized spacial score (nSPS) is 15.1. The first-order valence-corrected chi connectivity index (χ1v) is 6.45. The lowest BCUT2D eigenvalue weighted by Crippen LogP contribution is -2.29. The molecule has 1 aromatic rings. The minimum atomic E-state index is 0.282. The molecule has 0 saturated carbocycles. The molecule has 1 rings (SSSR count). The Morgan fingerprint density at radius 1 is 1.53 bits per heavy atom. The molecule has 3 heteroatoms. The summed E-state index contributed by atoms with van der Waals surface area (Å²) in [5.74, 6) is 0. The van der Waals surface area contributed by atoms with Gasteiger partial charge >= 0.3 is 0 Å². The van der Waals surface area contributed by atoms with E-state index in [-0.39, 0.29) is 6.10 Å². The van der Waals surface area contributed by atoms with Crippen molar-refractivity contribution in [3.05, 3.63) is 22.4 Å². The monoisotopic (exact) mass is 227 g/mol. The third-order valence-corrected chi connectivity index (χ3v) is 3.50. The van der Waals surface area contributed by atoms with Crippen LogP contribution in [0, 0.1) is 0 Å². The minimum Gasteiger partial charge on any atom is -0.380 e. The van der Waals surface area contributed by atoms with Gasteiger partial charge in [-0.1, -0.05) is 19.4 Å². The van der Waals surface area contributed by atoms with E-state index in [2.05, 4.69) is 36.7 Å². The first-order chi connectivity index (χ1) is 7.27. The first-order valence-electron chi connectivity index (χ1n) is 5.57. The van der Waals surface area contributed by atoms with Gasteiger partial charge in [-0.3, -0.25) is 0 Å². The summed E-state index contributed by atoms with van der Waals surface area (Å²) in [5, 5.41) is 5.70. The number of rotatable bonds is 7. The second-order valence-electron chi connectivity index (χ2n) is 3.81. The number of hydrogen-bond acceptors (Lipinski definition) is 3. The second-order valence-corrected chi connectivity index (χ2v) is 4.79. The molecule has 15 heavy (non-hydrogen) atoms. The van der Waals surface area contributed by atoms with Gasteiger partial charge in [0.25, 0.3) is 0 Å². The fourth-order valence-electron chi connectivity index (χ4n) is 1.51. The summed E-state index contributed by atoms with van der Waals surface area (Å²) in [6, 6.07) is 4.81. The zero-order valence-electron chi connectivity index (χ0n) is 9.82. The van der Waals surface area contributed by atoms with E-state index in [0.29, 0.717) is 6.04 Å². The maximum Gasteiger partial charge on any atom is 0.0667 e. The van der Waals surface area contributed by atoms with Crippen LogP contribution in [0.2, 0.25) is 0 Å². The molecule has 2 nitrogen and oxygen atoms in total. The summed E-state index contributed by atoms with van der Waals surface area (Å²) in [7, 11) is 1.76. The van der Waals surface area contributed by atoms with Gasteiger partial charge in [0, 0.05) is 24.6 Å². The van der Waals surface area contributed by atoms with Crippen LogP contribution in [0.1, 0.15) is 37.6 Å². The zero-order chi connectivity index (χ0) is 11.1. The number of hydrogen-bond donors (Lipinski definition) is 1. The van der Waals surface area contributed by atoms with Crippen LogP contribution in [-0.2, 0) is 4.74 Å². The largest absolute Gasteiger partial charge is 0.380 e. The molecule has 0 aromatic carbocycles. The quantitative estimate of drug-likeness (QED) is 0.772. The molecule has 1 aromatic heterocycles. The number of thiophene rings is 1. The van der Waals surface area contributed by atoms with Crippen molar-refractivity contribution in [3.8, 4) is 0 Å². The van der Waals surface area contributed by atoms with Gasteiger partial charge in [0.05, 0.1) is 6.10 Å². The van der Waals surface area contributed by atoms with Crippen LogP contribution in [0.15, 0.2) is 17.5 Å². The van der Waals surface area contributed by atoms with Gasteiger partial charge in [0.1, 0.15) is 0 Å². The molecule has 0 spiro atoms. The van der Waals surface area contributed by atoms with E-state index >= 15 is 0 Å². The maximum absolute atomic E-state index is 5.24. The summed E-state index contributed by atoms with van der Waals surface area (Å²) >= 11 is 1.83. The lowest BCUT2D eigenvalue weighted by atomic mass is 10.1. The molecule has 0 amide bonds. The molecular formula is C12H21NOS. The van der Waals surface area contributed by atoms with Gasteiger partial charge in [-0.2, -0.15) is 0 Å². The zero-order valence-corrected chi connectivity index (χ0v) is 10.6. The Labute approximate surface area is 96.7 Å². The van der Waals surface area contributed by atoms with Gasteiger partial charge in [-0.25, -0.2) is 0 Å². The third-order valence-electron chi connectivity index (χ3n) is 2.52. The Kier molecular flexibility index (Phi) is 5.91. The van der Waals surface area contributed by atoms with Gasteiger partial charge in [0.2, 0.25) is 0 Å². The Hall–Kier alpha value is -0.380. The van der Waals surface area contributed by atoms with E-state index in [9.17, 15) is 0 Å². The van der Waals surface area contributed by atoms with Gasteiger partial charge in [0.15, 0.2) is 0 Å². The van der Waals surface area contributed by atoms with Crippen LogP contribution < -0.4 is 5.32 Å². The fraction of sp³-hybridized carbons (Fsp3) is 0.667. The Balaban J connectivity index is 2.44. The molecule has 1 N–H and O–H groups in total. The van der Waals surface area contributed by atoms with Crippen LogP contribution in [0.5, 0.6) is 0 Å².